The van der Waals surface area contributed by atoms with Gasteiger partial charge in [-0.3, -0.25) is 0 Å². The van der Waals surface area contributed by atoms with Gasteiger partial charge in [-0.25, -0.2) is 17.6 Å². The van der Waals surface area contributed by atoms with Crippen LogP contribution in [0.2, 0.25) is 0 Å². The summed E-state index contributed by atoms with van der Waals surface area (Å²) in [6, 6.07) is 12.7. The predicted molar refractivity (Wildman–Crippen MR) is 127 cm³/mol. The van der Waals surface area contributed by atoms with Crippen molar-refractivity contribution >= 4 is 0 Å². The Labute approximate surface area is 198 Å². The lowest BCUT2D eigenvalue weighted by molar-refractivity contribution is -0.0214. The van der Waals surface area contributed by atoms with E-state index in [1.54, 1.807) is 12.1 Å². The van der Waals surface area contributed by atoms with Crippen molar-refractivity contribution in [1.82, 2.24) is 0 Å². The Kier molecular flexibility index (Phi) is 7.72. The molecule has 180 valence electrons. The number of hydrogen-bond donors (Lipinski definition) is 0. The van der Waals surface area contributed by atoms with Crippen LogP contribution in [0.15, 0.2) is 48.5 Å². The van der Waals surface area contributed by atoms with Crippen molar-refractivity contribution in [3.8, 4) is 22.3 Å². The second-order valence-corrected chi connectivity index (χ2v) is 9.12. The van der Waals surface area contributed by atoms with Crippen molar-refractivity contribution < 1.29 is 22.3 Å². The van der Waals surface area contributed by atoms with E-state index in [1.807, 2.05) is 12.1 Å². The molecule has 0 aliphatic carbocycles. The van der Waals surface area contributed by atoms with Gasteiger partial charge in [-0.2, -0.15) is 0 Å². The van der Waals surface area contributed by atoms with Crippen molar-refractivity contribution in [3.63, 3.8) is 0 Å². The Morgan fingerprint density at radius 2 is 1.32 bits per heavy atom. The lowest BCUT2D eigenvalue weighted by atomic mass is 9.90. The second-order valence-electron chi connectivity index (χ2n) is 9.12. The van der Waals surface area contributed by atoms with Crippen LogP contribution in [0.3, 0.4) is 0 Å². The Hall–Kier alpha value is -2.66. The van der Waals surface area contributed by atoms with Crippen LogP contribution in [-0.2, 0) is 11.2 Å². The van der Waals surface area contributed by atoms with Crippen molar-refractivity contribution in [2.24, 2.45) is 5.92 Å². The fraction of sp³-hybridized carbons (Fsp3) is 0.379. The van der Waals surface area contributed by atoms with Crippen LogP contribution in [0.5, 0.6) is 0 Å². The first-order valence-corrected chi connectivity index (χ1v) is 12.1. The summed E-state index contributed by atoms with van der Waals surface area (Å²) in [6.45, 7) is 4.70. The number of aryl methyl sites for hydroxylation is 1. The van der Waals surface area contributed by atoms with E-state index in [4.69, 9.17) is 4.74 Å². The molecule has 1 saturated heterocycles. The third-order valence-corrected chi connectivity index (χ3v) is 6.70. The molecule has 0 radical (unpaired) electrons. The van der Waals surface area contributed by atoms with Crippen molar-refractivity contribution in [1.29, 1.82) is 0 Å². The number of rotatable bonds is 7. The normalized spacial score (nSPS) is 18.3. The largest absolute Gasteiger partial charge is 0.373 e. The molecule has 0 saturated carbocycles. The highest BCUT2D eigenvalue weighted by Gasteiger charge is 2.28. The molecule has 0 N–H and O–H groups in total. The van der Waals surface area contributed by atoms with Gasteiger partial charge in [0.15, 0.2) is 23.3 Å². The van der Waals surface area contributed by atoms with E-state index in [0.29, 0.717) is 24.5 Å². The summed E-state index contributed by atoms with van der Waals surface area (Å²) >= 11 is 0. The summed E-state index contributed by atoms with van der Waals surface area (Å²) in [5.41, 5.74) is 1.24. The Morgan fingerprint density at radius 1 is 0.706 bits per heavy atom. The van der Waals surface area contributed by atoms with E-state index >= 15 is 8.78 Å². The summed E-state index contributed by atoms with van der Waals surface area (Å²) in [6.07, 6.45) is 4.97. The average Bonchev–Trinajstić information content (AvgIpc) is 2.85. The minimum Gasteiger partial charge on any atom is -0.373 e. The topological polar surface area (TPSA) is 9.23 Å². The van der Waals surface area contributed by atoms with Gasteiger partial charge < -0.3 is 4.74 Å². The van der Waals surface area contributed by atoms with E-state index in [0.717, 1.165) is 37.7 Å². The fourth-order valence-corrected chi connectivity index (χ4v) is 4.83. The molecule has 3 aromatic rings. The first-order chi connectivity index (χ1) is 16.4. The van der Waals surface area contributed by atoms with Gasteiger partial charge in [0.1, 0.15) is 0 Å². The van der Waals surface area contributed by atoms with Crippen molar-refractivity contribution in [2.45, 2.75) is 58.5 Å². The number of hydrogen-bond acceptors (Lipinski definition) is 1. The quantitative estimate of drug-likeness (QED) is 0.314. The molecule has 4 rings (SSSR count). The Bertz CT molecular complexity index is 1130. The molecule has 5 heteroatoms. The molecular formula is C29H30F4O. The van der Waals surface area contributed by atoms with Gasteiger partial charge in [0, 0.05) is 22.3 Å². The number of benzene rings is 3. The highest BCUT2D eigenvalue weighted by molar-refractivity contribution is 5.72. The molecule has 0 spiro atoms. The summed E-state index contributed by atoms with van der Waals surface area (Å²) in [5.74, 6) is -4.09. The van der Waals surface area contributed by atoms with Crippen LogP contribution >= 0.6 is 0 Å². The molecule has 1 nitrogen and oxygen atoms in total. The highest BCUT2D eigenvalue weighted by Crippen LogP contribution is 2.38. The average molecular weight is 471 g/mol. The lowest BCUT2D eigenvalue weighted by Crippen LogP contribution is -2.21. The molecule has 3 aromatic carbocycles. The minimum atomic E-state index is -1.20. The summed E-state index contributed by atoms with van der Waals surface area (Å²) in [5, 5.41) is 0. The third-order valence-electron chi connectivity index (χ3n) is 6.70. The molecule has 1 heterocycles. The van der Waals surface area contributed by atoms with E-state index in [9.17, 15) is 8.78 Å². The van der Waals surface area contributed by atoms with Gasteiger partial charge in [-0.1, -0.05) is 75.2 Å². The molecule has 0 bridgehead atoms. The highest BCUT2D eigenvalue weighted by atomic mass is 19.2. The van der Waals surface area contributed by atoms with Crippen molar-refractivity contribution in [3.05, 3.63) is 82.9 Å². The van der Waals surface area contributed by atoms with Gasteiger partial charge in [-0.05, 0) is 42.7 Å². The smallest absolute Gasteiger partial charge is 0.167 e. The molecule has 1 aliphatic heterocycles. The Morgan fingerprint density at radius 3 is 1.94 bits per heavy atom. The van der Waals surface area contributed by atoms with Gasteiger partial charge >= 0.3 is 0 Å². The van der Waals surface area contributed by atoms with Gasteiger partial charge in [0.2, 0.25) is 0 Å². The van der Waals surface area contributed by atoms with Gasteiger partial charge in [0.25, 0.3) is 0 Å². The zero-order valence-electron chi connectivity index (χ0n) is 19.6. The van der Waals surface area contributed by atoms with E-state index in [2.05, 4.69) is 13.8 Å². The molecule has 0 amide bonds. The molecule has 0 aromatic heterocycles. The monoisotopic (exact) mass is 470 g/mol. The van der Waals surface area contributed by atoms with E-state index in [-0.39, 0.29) is 22.3 Å². The molecule has 2 unspecified atom stereocenters. The second kappa shape index (κ2) is 10.7. The van der Waals surface area contributed by atoms with E-state index in [1.165, 1.54) is 24.3 Å². The third kappa shape index (κ3) is 4.90. The standard InChI is InChI=1S/C29H30F4O/c1-3-5-18-7-10-20(11-8-18)21-12-13-22(27(31)26(21)30)23-14-15-24(29(33)28(23)32)25-16-9-19(6-4-2)17-34-25/h7-8,10-15,19,25H,3-6,9,16-17H2,1-2H3. The van der Waals surface area contributed by atoms with Gasteiger partial charge in [0.05, 0.1) is 12.7 Å². The Balaban J connectivity index is 1.61. The zero-order valence-corrected chi connectivity index (χ0v) is 19.6. The molecule has 1 fully saturated rings. The number of halogens is 4. The predicted octanol–water partition coefficient (Wildman–Crippen LogP) is 8.80. The summed E-state index contributed by atoms with van der Waals surface area (Å²) in [7, 11) is 0. The SMILES string of the molecule is CCCc1ccc(-c2ccc(-c3ccc(C4CCC(CCC)CO4)c(F)c3F)c(F)c2F)cc1. The summed E-state index contributed by atoms with van der Waals surface area (Å²) in [4.78, 5) is 0. The van der Waals surface area contributed by atoms with Crippen LogP contribution in [0.4, 0.5) is 17.6 Å². The molecule has 1 aliphatic rings. The van der Waals surface area contributed by atoms with Crippen molar-refractivity contribution in [2.75, 3.05) is 6.61 Å². The van der Waals surface area contributed by atoms with Crippen LogP contribution in [0, 0.1) is 29.2 Å². The minimum absolute atomic E-state index is 0.0824. The van der Waals surface area contributed by atoms with Crippen LogP contribution in [0.25, 0.3) is 22.3 Å². The summed E-state index contributed by atoms with van der Waals surface area (Å²) < 4.78 is 65.8. The van der Waals surface area contributed by atoms with Gasteiger partial charge in [-0.15, -0.1) is 0 Å². The van der Waals surface area contributed by atoms with E-state index < -0.39 is 29.4 Å². The first kappa shape index (κ1) is 24.5. The maximum Gasteiger partial charge on any atom is 0.167 e. The fourth-order valence-electron chi connectivity index (χ4n) is 4.83. The maximum atomic E-state index is 15.0. The molecule has 34 heavy (non-hydrogen) atoms. The maximum absolute atomic E-state index is 15.0. The zero-order chi connectivity index (χ0) is 24.2. The number of ether oxygens (including phenoxy) is 1. The lowest BCUT2D eigenvalue weighted by Gasteiger charge is -2.29. The van der Waals surface area contributed by atoms with Crippen LogP contribution in [-0.4, -0.2) is 6.61 Å². The van der Waals surface area contributed by atoms with Crippen LogP contribution in [0.1, 0.15) is 63.2 Å². The first-order valence-electron chi connectivity index (χ1n) is 12.1. The molecular weight excluding hydrogens is 440 g/mol. The van der Waals surface area contributed by atoms with Crippen LogP contribution < -0.4 is 0 Å². The molecule has 2 atom stereocenters.